The molecule has 3 heteroatoms. The van der Waals surface area contributed by atoms with Gasteiger partial charge < -0.3 is 5.73 Å². The SMILES string of the molecule is Cc1c(-c2ccccc2C(C)N)cnn1C. The topological polar surface area (TPSA) is 43.8 Å². The van der Waals surface area contributed by atoms with Crippen molar-refractivity contribution in [1.82, 2.24) is 9.78 Å². The fourth-order valence-electron chi connectivity index (χ4n) is 1.90. The van der Waals surface area contributed by atoms with Crippen molar-refractivity contribution in [3.8, 4) is 11.1 Å². The molecule has 0 fully saturated rings. The molecule has 2 N–H and O–H groups in total. The van der Waals surface area contributed by atoms with E-state index in [4.69, 9.17) is 5.73 Å². The van der Waals surface area contributed by atoms with Crippen LogP contribution in [0.5, 0.6) is 0 Å². The van der Waals surface area contributed by atoms with Crippen LogP contribution in [0.2, 0.25) is 0 Å². The normalized spacial score (nSPS) is 12.8. The molecule has 0 aliphatic heterocycles. The van der Waals surface area contributed by atoms with E-state index in [9.17, 15) is 0 Å². The third-order valence-electron chi connectivity index (χ3n) is 2.98. The predicted octanol–water partition coefficient (Wildman–Crippen LogP) is 2.42. The molecule has 1 unspecified atom stereocenters. The maximum atomic E-state index is 5.98. The number of nitrogens with zero attached hydrogens (tertiary/aromatic N) is 2. The standard InChI is InChI=1S/C13H17N3/c1-9(14)11-6-4-5-7-12(11)13-8-15-16(3)10(13)2/h4-9H,14H2,1-3H3. The monoisotopic (exact) mass is 215 g/mol. The van der Waals surface area contributed by atoms with Gasteiger partial charge in [0.15, 0.2) is 0 Å². The second-order valence-electron chi connectivity index (χ2n) is 4.14. The highest BCUT2D eigenvalue weighted by Crippen LogP contribution is 2.29. The van der Waals surface area contributed by atoms with Crippen molar-refractivity contribution in [3.05, 3.63) is 41.7 Å². The molecule has 0 bridgehead atoms. The number of hydrogen-bond donors (Lipinski definition) is 1. The highest BCUT2D eigenvalue weighted by molar-refractivity contribution is 5.69. The van der Waals surface area contributed by atoms with Crippen LogP contribution in [0, 0.1) is 6.92 Å². The van der Waals surface area contributed by atoms with E-state index in [1.54, 1.807) is 0 Å². The number of aryl methyl sites for hydroxylation is 1. The first-order valence-electron chi connectivity index (χ1n) is 5.44. The fraction of sp³-hybridized carbons (Fsp3) is 0.308. The summed E-state index contributed by atoms with van der Waals surface area (Å²) in [6, 6.07) is 8.27. The summed E-state index contributed by atoms with van der Waals surface area (Å²) in [6.45, 7) is 4.07. The van der Waals surface area contributed by atoms with Crippen LogP contribution >= 0.6 is 0 Å². The maximum absolute atomic E-state index is 5.98. The number of aromatic nitrogens is 2. The van der Waals surface area contributed by atoms with Crippen molar-refractivity contribution in [2.75, 3.05) is 0 Å². The third kappa shape index (κ3) is 1.74. The lowest BCUT2D eigenvalue weighted by molar-refractivity contribution is 0.740. The minimum absolute atomic E-state index is 0.0378. The first kappa shape index (κ1) is 10.9. The van der Waals surface area contributed by atoms with Crippen LogP contribution in [-0.2, 0) is 7.05 Å². The van der Waals surface area contributed by atoms with E-state index in [1.165, 1.54) is 11.1 Å². The molecule has 1 heterocycles. The first-order valence-corrected chi connectivity index (χ1v) is 5.44. The molecule has 0 saturated carbocycles. The van der Waals surface area contributed by atoms with E-state index < -0.39 is 0 Å². The van der Waals surface area contributed by atoms with E-state index >= 15 is 0 Å². The molecule has 0 aliphatic rings. The van der Waals surface area contributed by atoms with Crippen LogP contribution in [0.25, 0.3) is 11.1 Å². The summed E-state index contributed by atoms with van der Waals surface area (Å²) in [4.78, 5) is 0. The molecule has 3 nitrogen and oxygen atoms in total. The number of hydrogen-bond acceptors (Lipinski definition) is 2. The smallest absolute Gasteiger partial charge is 0.0571 e. The Morgan fingerprint density at radius 3 is 2.50 bits per heavy atom. The van der Waals surface area contributed by atoms with Crippen LogP contribution in [0.1, 0.15) is 24.2 Å². The van der Waals surface area contributed by atoms with Gasteiger partial charge in [0.2, 0.25) is 0 Å². The average Bonchev–Trinajstić information content (AvgIpc) is 2.60. The zero-order valence-corrected chi connectivity index (χ0v) is 9.94. The Kier molecular flexibility index (Phi) is 2.79. The predicted molar refractivity (Wildman–Crippen MR) is 66.0 cm³/mol. The molecule has 1 aromatic heterocycles. The molecule has 0 amide bonds. The van der Waals surface area contributed by atoms with Gasteiger partial charge in [-0.3, -0.25) is 4.68 Å². The maximum Gasteiger partial charge on any atom is 0.0571 e. The Balaban J connectivity index is 2.60. The van der Waals surface area contributed by atoms with Gasteiger partial charge >= 0.3 is 0 Å². The zero-order valence-electron chi connectivity index (χ0n) is 9.94. The second-order valence-corrected chi connectivity index (χ2v) is 4.14. The highest BCUT2D eigenvalue weighted by Gasteiger charge is 2.12. The van der Waals surface area contributed by atoms with Crippen molar-refractivity contribution in [1.29, 1.82) is 0 Å². The average molecular weight is 215 g/mol. The lowest BCUT2D eigenvalue weighted by atomic mass is 9.96. The van der Waals surface area contributed by atoms with Gasteiger partial charge in [0, 0.05) is 24.3 Å². The van der Waals surface area contributed by atoms with Gasteiger partial charge in [0.05, 0.1) is 6.20 Å². The first-order chi connectivity index (χ1) is 7.61. The quantitative estimate of drug-likeness (QED) is 0.836. The number of rotatable bonds is 2. The van der Waals surface area contributed by atoms with Gasteiger partial charge in [0.1, 0.15) is 0 Å². The summed E-state index contributed by atoms with van der Waals surface area (Å²) in [7, 11) is 1.95. The Bertz CT molecular complexity index is 498. The van der Waals surface area contributed by atoms with Crippen LogP contribution in [0.4, 0.5) is 0 Å². The summed E-state index contributed by atoms with van der Waals surface area (Å²) < 4.78 is 1.88. The molecular weight excluding hydrogens is 198 g/mol. The molecule has 0 aliphatic carbocycles. The molecule has 2 aromatic rings. The third-order valence-corrected chi connectivity index (χ3v) is 2.98. The van der Waals surface area contributed by atoms with Crippen LogP contribution in [0.3, 0.4) is 0 Å². The van der Waals surface area contributed by atoms with Crippen molar-refractivity contribution in [2.45, 2.75) is 19.9 Å². The Morgan fingerprint density at radius 2 is 1.94 bits per heavy atom. The Hall–Kier alpha value is -1.61. The number of benzene rings is 1. The summed E-state index contributed by atoms with van der Waals surface area (Å²) in [6.07, 6.45) is 1.90. The van der Waals surface area contributed by atoms with Crippen molar-refractivity contribution in [3.63, 3.8) is 0 Å². The Morgan fingerprint density at radius 1 is 1.25 bits per heavy atom. The van der Waals surface area contributed by atoms with E-state index in [1.807, 2.05) is 37.0 Å². The molecule has 0 spiro atoms. The molecule has 2 rings (SSSR count). The second kappa shape index (κ2) is 4.10. The van der Waals surface area contributed by atoms with E-state index in [0.29, 0.717) is 0 Å². The van der Waals surface area contributed by atoms with Crippen LogP contribution in [0.15, 0.2) is 30.5 Å². The fourth-order valence-corrected chi connectivity index (χ4v) is 1.90. The van der Waals surface area contributed by atoms with Gasteiger partial charge in [-0.25, -0.2) is 0 Å². The van der Waals surface area contributed by atoms with E-state index in [-0.39, 0.29) is 6.04 Å². The summed E-state index contributed by atoms with van der Waals surface area (Å²) in [5, 5.41) is 4.27. The summed E-state index contributed by atoms with van der Waals surface area (Å²) in [5.41, 5.74) is 10.7. The summed E-state index contributed by atoms with van der Waals surface area (Å²) >= 11 is 0. The molecule has 0 radical (unpaired) electrons. The molecular formula is C13H17N3. The van der Waals surface area contributed by atoms with Gasteiger partial charge in [-0.2, -0.15) is 5.10 Å². The van der Waals surface area contributed by atoms with E-state index in [0.717, 1.165) is 11.3 Å². The zero-order chi connectivity index (χ0) is 11.7. The largest absolute Gasteiger partial charge is 0.324 e. The molecule has 1 atom stereocenters. The van der Waals surface area contributed by atoms with Gasteiger partial charge in [-0.05, 0) is 25.0 Å². The van der Waals surface area contributed by atoms with Crippen molar-refractivity contribution >= 4 is 0 Å². The highest BCUT2D eigenvalue weighted by atomic mass is 15.3. The molecule has 84 valence electrons. The minimum Gasteiger partial charge on any atom is -0.324 e. The van der Waals surface area contributed by atoms with Gasteiger partial charge in [0.25, 0.3) is 0 Å². The van der Waals surface area contributed by atoms with E-state index in [2.05, 4.69) is 24.2 Å². The lowest BCUT2D eigenvalue weighted by Crippen LogP contribution is -2.06. The van der Waals surface area contributed by atoms with Crippen molar-refractivity contribution in [2.24, 2.45) is 12.8 Å². The van der Waals surface area contributed by atoms with Crippen molar-refractivity contribution < 1.29 is 0 Å². The molecule has 16 heavy (non-hydrogen) atoms. The lowest BCUT2D eigenvalue weighted by Gasteiger charge is -2.12. The van der Waals surface area contributed by atoms with Crippen LogP contribution in [-0.4, -0.2) is 9.78 Å². The molecule has 0 saturated heterocycles. The Labute approximate surface area is 95.9 Å². The minimum atomic E-state index is 0.0378. The van der Waals surface area contributed by atoms with Gasteiger partial charge in [-0.15, -0.1) is 0 Å². The summed E-state index contributed by atoms with van der Waals surface area (Å²) in [5.74, 6) is 0. The van der Waals surface area contributed by atoms with Gasteiger partial charge in [-0.1, -0.05) is 24.3 Å². The van der Waals surface area contributed by atoms with Crippen LogP contribution < -0.4 is 5.73 Å². The number of nitrogens with two attached hydrogens (primary N) is 1. The molecule has 1 aromatic carbocycles.